The Kier molecular flexibility index (Phi) is 2.75. The Labute approximate surface area is 102 Å². The molecule has 4 nitrogen and oxygen atoms in total. The quantitative estimate of drug-likeness (QED) is 0.855. The lowest BCUT2D eigenvalue weighted by molar-refractivity contribution is 0.0255. The maximum Gasteiger partial charge on any atom is 0.231 e. The minimum absolute atomic E-state index is 0.0276. The van der Waals surface area contributed by atoms with Crippen molar-refractivity contribution in [2.45, 2.75) is 6.10 Å². The molecule has 5 heteroatoms. The van der Waals surface area contributed by atoms with E-state index in [1.54, 1.807) is 0 Å². The van der Waals surface area contributed by atoms with Crippen LogP contribution in [0.4, 0.5) is 0 Å². The zero-order chi connectivity index (χ0) is 11.0. The van der Waals surface area contributed by atoms with E-state index in [0.717, 1.165) is 41.2 Å². The summed E-state index contributed by atoms with van der Waals surface area (Å²) in [4.78, 5) is 0. The molecule has 1 N–H and O–H groups in total. The summed E-state index contributed by atoms with van der Waals surface area (Å²) in [6, 6.07) is 3.88. The van der Waals surface area contributed by atoms with Crippen molar-refractivity contribution >= 4 is 15.9 Å². The molecule has 0 amide bonds. The van der Waals surface area contributed by atoms with E-state index in [2.05, 4.69) is 21.2 Å². The van der Waals surface area contributed by atoms with E-state index in [0.29, 0.717) is 6.79 Å². The van der Waals surface area contributed by atoms with Gasteiger partial charge in [0.05, 0.1) is 12.7 Å². The zero-order valence-electron chi connectivity index (χ0n) is 8.66. The lowest BCUT2D eigenvalue weighted by Crippen LogP contribution is -2.33. The van der Waals surface area contributed by atoms with E-state index >= 15 is 0 Å². The molecule has 86 valence electrons. The molecule has 0 bridgehead atoms. The predicted molar refractivity (Wildman–Crippen MR) is 61.8 cm³/mol. The molecule has 1 saturated heterocycles. The molecule has 1 atom stereocenters. The van der Waals surface area contributed by atoms with Crippen LogP contribution in [0.15, 0.2) is 16.6 Å². The average molecular weight is 286 g/mol. The monoisotopic (exact) mass is 285 g/mol. The molecule has 3 rings (SSSR count). The second-order valence-corrected chi connectivity index (χ2v) is 4.61. The minimum Gasteiger partial charge on any atom is -0.454 e. The second-order valence-electron chi connectivity index (χ2n) is 3.76. The lowest BCUT2D eigenvalue weighted by atomic mass is 10.1. The smallest absolute Gasteiger partial charge is 0.231 e. The number of hydrogen-bond acceptors (Lipinski definition) is 4. The van der Waals surface area contributed by atoms with Crippen LogP contribution in [0.3, 0.4) is 0 Å². The Morgan fingerprint density at radius 2 is 2.25 bits per heavy atom. The van der Waals surface area contributed by atoms with E-state index in [9.17, 15) is 0 Å². The van der Waals surface area contributed by atoms with Gasteiger partial charge in [-0.3, -0.25) is 0 Å². The van der Waals surface area contributed by atoms with Gasteiger partial charge in [0.2, 0.25) is 6.79 Å². The van der Waals surface area contributed by atoms with Crippen LogP contribution >= 0.6 is 15.9 Å². The van der Waals surface area contributed by atoms with Gasteiger partial charge in [-0.2, -0.15) is 0 Å². The fourth-order valence-electron chi connectivity index (χ4n) is 2.02. The van der Waals surface area contributed by atoms with Gasteiger partial charge in [0.25, 0.3) is 0 Å². The third kappa shape index (κ3) is 1.69. The Bertz CT molecular complexity index is 404. The van der Waals surface area contributed by atoms with Crippen molar-refractivity contribution in [1.29, 1.82) is 0 Å². The largest absolute Gasteiger partial charge is 0.454 e. The molecule has 0 radical (unpaired) electrons. The number of hydrogen-bond donors (Lipinski definition) is 1. The molecule has 2 aliphatic rings. The first-order chi connectivity index (χ1) is 7.86. The highest BCUT2D eigenvalue weighted by molar-refractivity contribution is 9.10. The number of nitrogens with one attached hydrogen (secondary N) is 1. The van der Waals surface area contributed by atoms with Gasteiger partial charge in [-0.15, -0.1) is 0 Å². The number of halogens is 1. The SMILES string of the molecule is Brc1ccc2c(c1C1CNCCO1)OCO2. The highest BCUT2D eigenvalue weighted by atomic mass is 79.9. The van der Waals surface area contributed by atoms with Crippen LogP contribution in [0, 0.1) is 0 Å². The summed E-state index contributed by atoms with van der Waals surface area (Å²) >= 11 is 3.54. The van der Waals surface area contributed by atoms with Crippen molar-refractivity contribution in [3.8, 4) is 11.5 Å². The topological polar surface area (TPSA) is 39.7 Å². The zero-order valence-corrected chi connectivity index (χ0v) is 10.2. The van der Waals surface area contributed by atoms with Crippen LogP contribution in [0.2, 0.25) is 0 Å². The highest BCUT2D eigenvalue weighted by Crippen LogP contribution is 2.43. The maximum absolute atomic E-state index is 5.74. The third-order valence-corrected chi connectivity index (χ3v) is 3.47. The number of ether oxygens (including phenoxy) is 3. The first kappa shape index (κ1) is 10.4. The summed E-state index contributed by atoms with van der Waals surface area (Å²) in [5, 5.41) is 3.31. The van der Waals surface area contributed by atoms with Gasteiger partial charge in [-0.25, -0.2) is 0 Å². The molecule has 0 saturated carbocycles. The summed E-state index contributed by atoms with van der Waals surface area (Å²) < 4.78 is 17.6. The third-order valence-electron chi connectivity index (χ3n) is 2.77. The van der Waals surface area contributed by atoms with Crippen molar-refractivity contribution in [2.75, 3.05) is 26.5 Å². The molecule has 16 heavy (non-hydrogen) atoms. The standard InChI is InChI=1S/C11H12BrNO3/c12-7-1-2-8-11(16-6-15-8)10(7)9-5-13-3-4-14-9/h1-2,9,13H,3-6H2. The Hall–Kier alpha value is -0.780. The van der Waals surface area contributed by atoms with E-state index < -0.39 is 0 Å². The first-order valence-electron chi connectivity index (χ1n) is 5.26. The van der Waals surface area contributed by atoms with Gasteiger partial charge in [0.15, 0.2) is 11.5 Å². The van der Waals surface area contributed by atoms with Gasteiger partial charge in [-0.05, 0) is 12.1 Å². The van der Waals surface area contributed by atoms with Gasteiger partial charge in [-0.1, -0.05) is 15.9 Å². The summed E-state index contributed by atoms with van der Waals surface area (Å²) in [6.45, 7) is 2.72. The Morgan fingerprint density at radius 3 is 3.06 bits per heavy atom. The van der Waals surface area contributed by atoms with Crippen LogP contribution in [0.5, 0.6) is 11.5 Å². The van der Waals surface area contributed by atoms with Crippen LogP contribution in [0.1, 0.15) is 11.7 Å². The van der Waals surface area contributed by atoms with Crippen molar-refractivity contribution in [2.24, 2.45) is 0 Å². The number of rotatable bonds is 1. The Morgan fingerprint density at radius 1 is 1.31 bits per heavy atom. The van der Waals surface area contributed by atoms with Gasteiger partial charge < -0.3 is 19.5 Å². The van der Waals surface area contributed by atoms with Crippen molar-refractivity contribution in [3.05, 3.63) is 22.2 Å². The van der Waals surface area contributed by atoms with E-state index in [4.69, 9.17) is 14.2 Å². The highest BCUT2D eigenvalue weighted by Gasteiger charge is 2.27. The molecule has 2 heterocycles. The summed E-state index contributed by atoms with van der Waals surface area (Å²) in [6.07, 6.45) is 0.0276. The van der Waals surface area contributed by atoms with Crippen molar-refractivity contribution < 1.29 is 14.2 Å². The minimum atomic E-state index is 0.0276. The lowest BCUT2D eigenvalue weighted by Gasteiger charge is -2.25. The molecule has 1 unspecified atom stereocenters. The number of morpholine rings is 1. The fourth-order valence-corrected chi connectivity index (χ4v) is 2.59. The van der Waals surface area contributed by atoms with Gasteiger partial charge in [0.1, 0.15) is 0 Å². The molecule has 2 aliphatic heterocycles. The van der Waals surface area contributed by atoms with Crippen LogP contribution in [-0.2, 0) is 4.74 Å². The summed E-state index contributed by atoms with van der Waals surface area (Å²) in [7, 11) is 0. The summed E-state index contributed by atoms with van der Waals surface area (Å²) in [5.41, 5.74) is 1.04. The van der Waals surface area contributed by atoms with E-state index in [1.165, 1.54) is 0 Å². The first-order valence-corrected chi connectivity index (χ1v) is 6.06. The molecule has 1 aromatic rings. The molecule has 0 aliphatic carbocycles. The fraction of sp³-hybridized carbons (Fsp3) is 0.455. The molecule has 0 aromatic heterocycles. The molecular weight excluding hydrogens is 274 g/mol. The predicted octanol–water partition coefficient (Wildman–Crippen LogP) is 1.84. The Balaban J connectivity index is 2.01. The molecule has 1 fully saturated rings. The molecular formula is C11H12BrNO3. The van der Waals surface area contributed by atoms with Crippen LogP contribution in [-0.4, -0.2) is 26.5 Å². The van der Waals surface area contributed by atoms with Gasteiger partial charge in [0, 0.05) is 23.1 Å². The molecule has 1 aromatic carbocycles. The van der Waals surface area contributed by atoms with Crippen LogP contribution in [0.25, 0.3) is 0 Å². The summed E-state index contributed by atoms with van der Waals surface area (Å²) in [5.74, 6) is 1.61. The number of benzene rings is 1. The maximum atomic E-state index is 5.74. The second kappa shape index (κ2) is 4.24. The number of fused-ring (bicyclic) bond motifs is 1. The van der Waals surface area contributed by atoms with E-state index in [-0.39, 0.29) is 6.10 Å². The van der Waals surface area contributed by atoms with Crippen LogP contribution < -0.4 is 14.8 Å². The average Bonchev–Trinajstić information content (AvgIpc) is 2.78. The van der Waals surface area contributed by atoms with E-state index in [1.807, 2.05) is 12.1 Å². The van der Waals surface area contributed by atoms with Crippen molar-refractivity contribution in [1.82, 2.24) is 5.32 Å². The van der Waals surface area contributed by atoms with Gasteiger partial charge >= 0.3 is 0 Å². The normalized spacial score (nSPS) is 23.4. The van der Waals surface area contributed by atoms with Crippen molar-refractivity contribution in [3.63, 3.8) is 0 Å². The molecule has 0 spiro atoms.